The third kappa shape index (κ3) is 3.91. The van der Waals surface area contributed by atoms with Crippen LogP contribution in [0.2, 0.25) is 0 Å². The molecule has 0 fully saturated rings. The molecule has 2 N–H and O–H groups in total. The molecule has 2 aromatic rings. The van der Waals surface area contributed by atoms with Gasteiger partial charge in [0.25, 0.3) is 0 Å². The van der Waals surface area contributed by atoms with Crippen LogP contribution < -0.4 is 10.5 Å². The second-order valence-electron chi connectivity index (χ2n) is 4.72. The number of hydrogen-bond donors (Lipinski definition) is 1. The fraction of sp³-hybridized carbons (Fsp3) is 0.235. The monoisotopic (exact) mass is 296 g/mol. The Morgan fingerprint density at radius 1 is 1.36 bits per heavy atom. The fourth-order valence-electron chi connectivity index (χ4n) is 1.85. The van der Waals surface area contributed by atoms with Crippen molar-refractivity contribution in [1.29, 1.82) is 0 Å². The van der Waals surface area contributed by atoms with E-state index in [0.29, 0.717) is 11.4 Å². The first kappa shape index (κ1) is 15.7. The van der Waals surface area contributed by atoms with E-state index in [1.54, 1.807) is 18.5 Å². The maximum Gasteiger partial charge on any atom is 0.322 e. The lowest BCUT2D eigenvalue weighted by molar-refractivity contribution is 0.438. The summed E-state index contributed by atoms with van der Waals surface area (Å²) in [7, 11) is 0. The second kappa shape index (κ2) is 7.36. The third-order valence-electron chi connectivity index (χ3n) is 3.07. The number of aliphatic imine (C=N–C) groups is 1. The molecule has 0 saturated carbocycles. The average Bonchev–Trinajstić information content (AvgIpc) is 2.52. The van der Waals surface area contributed by atoms with Crippen molar-refractivity contribution in [2.75, 3.05) is 12.3 Å². The van der Waals surface area contributed by atoms with Crippen molar-refractivity contribution in [3.05, 3.63) is 47.8 Å². The Kier molecular flexibility index (Phi) is 5.25. The molecule has 0 amide bonds. The summed E-state index contributed by atoms with van der Waals surface area (Å²) in [5.74, 6) is 0.654. The van der Waals surface area contributed by atoms with Crippen molar-refractivity contribution in [2.45, 2.75) is 20.8 Å². The van der Waals surface area contributed by atoms with Gasteiger partial charge in [0.2, 0.25) is 0 Å². The van der Waals surface area contributed by atoms with E-state index in [1.807, 2.05) is 45.0 Å². The first-order valence-electron chi connectivity index (χ1n) is 7.17. The van der Waals surface area contributed by atoms with Crippen LogP contribution >= 0.6 is 0 Å². The Morgan fingerprint density at radius 3 is 2.91 bits per heavy atom. The molecule has 0 radical (unpaired) electrons. The summed E-state index contributed by atoms with van der Waals surface area (Å²) < 4.78 is 5.76. The van der Waals surface area contributed by atoms with Crippen LogP contribution in [0.25, 0.3) is 5.57 Å². The summed E-state index contributed by atoms with van der Waals surface area (Å²) in [5.41, 5.74) is 9.10. The smallest absolute Gasteiger partial charge is 0.322 e. The number of hydrogen-bond acceptors (Lipinski definition) is 5. The number of nitrogens with two attached hydrogens (primary N) is 1. The highest BCUT2D eigenvalue weighted by Gasteiger charge is 2.07. The zero-order chi connectivity index (χ0) is 15.9. The molecule has 0 saturated heterocycles. The van der Waals surface area contributed by atoms with Gasteiger partial charge in [0.05, 0.1) is 5.69 Å². The molecule has 5 nitrogen and oxygen atoms in total. The normalized spacial score (nSPS) is 11.9. The molecule has 1 aromatic heterocycles. The minimum atomic E-state index is 0.287. The number of aryl methyl sites for hydroxylation is 1. The van der Waals surface area contributed by atoms with Crippen molar-refractivity contribution >= 4 is 17.5 Å². The van der Waals surface area contributed by atoms with E-state index in [2.05, 4.69) is 15.0 Å². The maximum atomic E-state index is 5.79. The van der Waals surface area contributed by atoms with Crippen LogP contribution in [0.15, 0.2) is 41.5 Å². The van der Waals surface area contributed by atoms with Crippen molar-refractivity contribution < 1.29 is 4.74 Å². The van der Waals surface area contributed by atoms with Crippen LogP contribution in [0.3, 0.4) is 0 Å². The van der Waals surface area contributed by atoms with Crippen molar-refractivity contribution in [3.63, 3.8) is 0 Å². The molecule has 0 aliphatic carbocycles. The molecular formula is C17H20N4O. The van der Waals surface area contributed by atoms with Gasteiger partial charge in [-0.05, 0) is 38.5 Å². The summed E-state index contributed by atoms with van der Waals surface area (Å²) in [6, 6.07) is 7.62. The minimum Gasteiger partial charge on any atom is -0.424 e. The van der Waals surface area contributed by atoms with Gasteiger partial charge < -0.3 is 10.5 Å². The van der Waals surface area contributed by atoms with Crippen LogP contribution in [0.1, 0.15) is 25.1 Å². The lowest BCUT2D eigenvalue weighted by Gasteiger charge is -2.09. The number of rotatable bonds is 5. The molecule has 0 aliphatic rings. The zero-order valence-electron chi connectivity index (χ0n) is 13.1. The van der Waals surface area contributed by atoms with E-state index in [0.717, 1.165) is 23.4 Å². The quantitative estimate of drug-likeness (QED) is 0.675. The molecule has 0 unspecified atom stereocenters. The Morgan fingerprint density at radius 2 is 2.18 bits per heavy atom. The first-order chi connectivity index (χ1) is 10.6. The number of anilines is 1. The van der Waals surface area contributed by atoms with E-state index >= 15 is 0 Å². The number of aromatic nitrogens is 2. The average molecular weight is 296 g/mol. The van der Waals surface area contributed by atoms with Gasteiger partial charge in [-0.15, -0.1) is 0 Å². The molecule has 0 bridgehead atoms. The minimum absolute atomic E-state index is 0.287. The highest BCUT2D eigenvalue weighted by molar-refractivity contribution is 6.08. The molecule has 22 heavy (non-hydrogen) atoms. The number of allylic oxidation sites excluding steroid dienone is 2. The standard InChI is InChI=1S/C17H20N4O/c1-4-13(11-19-5-2)15-8-9-20-17(21-15)22-16-10-14(18)7-6-12(16)3/h4,6-11H,5,18H2,1-3H3/b13-4+,19-11?. The van der Waals surface area contributed by atoms with E-state index in [4.69, 9.17) is 10.5 Å². The lowest BCUT2D eigenvalue weighted by atomic mass is 10.2. The number of nitrogen functional groups attached to an aromatic ring is 1. The topological polar surface area (TPSA) is 73.4 Å². The fourth-order valence-corrected chi connectivity index (χ4v) is 1.85. The Hall–Kier alpha value is -2.69. The summed E-state index contributed by atoms with van der Waals surface area (Å²) in [5, 5.41) is 0. The van der Waals surface area contributed by atoms with Crippen LogP contribution in [0.5, 0.6) is 11.8 Å². The number of nitrogens with zero attached hydrogens (tertiary/aromatic N) is 3. The van der Waals surface area contributed by atoms with Crippen LogP contribution in [0.4, 0.5) is 5.69 Å². The largest absolute Gasteiger partial charge is 0.424 e. The molecule has 0 aliphatic heterocycles. The van der Waals surface area contributed by atoms with Gasteiger partial charge >= 0.3 is 6.01 Å². The summed E-state index contributed by atoms with van der Waals surface area (Å²) in [4.78, 5) is 12.8. The van der Waals surface area contributed by atoms with Gasteiger partial charge in [0.1, 0.15) is 5.75 Å². The molecule has 1 aromatic carbocycles. The first-order valence-corrected chi connectivity index (χ1v) is 7.17. The van der Waals surface area contributed by atoms with Gasteiger partial charge in [0.15, 0.2) is 0 Å². The molecule has 2 rings (SSSR count). The van der Waals surface area contributed by atoms with E-state index < -0.39 is 0 Å². The van der Waals surface area contributed by atoms with Crippen molar-refractivity contribution in [3.8, 4) is 11.8 Å². The van der Waals surface area contributed by atoms with Crippen LogP contribution in [-0.2, 0) is 0 Å². The van der Waals surface area contributed by atoms with Gasteiger partial charge in [-0.25, -0.2) is 4.98 Å². The molecule has 114 valence electrons. The van der Waals surface area contributed by atoms with Crippen LogP contribution in [-0.4, -0.2) is 22.7 Å². The SMILES string of the molecule is C/C=C(\C=NCC)c1ccnc(Oc2cc(N)ccc2C)n1. The Balaban J connectivity index is 2.28. The second-order valence-corrected chi connectivity index (χ2v) is 4.72. The van der Waals surface area contributed by atoms with Gasteiger partial charge in [-0.1, -0.05) is 12.1 Å². The zero-order valence-corrected chi connectivity index (χ0v) is 13.1. The number of ether oxygens (including phenoxy) is 1. The van der Waals surface area contributed by atoms with Crippen LogP contribution in [0, 0.1) is 6.92 Å². The van der Waals surface area contributed by atoms with E-state index in [9.17, 15) is 0 Å². The summed E-state index contributed by atoms with van der Waals surface area (Å²) in [6.45, 7) is 6.61. The van der Waals surface area contributed by atoms with Gasteiger partial charge in [-0.3, -0.25) is 4.99 Å². The van der Waals surface area contributed by atoms with E-state index in [-0.39, 0.29) is 6.01 Å². The lowest BCUT2D eigenvalue weighted by Crippen LogP contribution is -1.98. The summed E-state index contributed by atoms with van der Waals surface area (Å²) in [6.07, 6.45) is 5.43. The third-order valence-corrected chi connectivity index (χ3v) is 3.07. The van der Waals surface area contributed by atoms with Gasteiger partial charge in [0, 0.05) is 36.3 Å². The maximum absolute atomic E-state index is 5.79. The molecule has 5 heteroatoms. The molecule has 0 atom stereocenters. The predicted octanol–water partition coefficient (Wildman–Crippen LogP) is 3.65. The van der Waals surface area contributed by atoms with E-state index in [1.165, 1.54) is 0 Å². The predicted molar refractivity (Wildman–Crippen MR) is 90.4 cm³/mol. The highest BCUT2D eigenvalue weighted by Crippen LogP contribution is 2.25. The highest BCUT2D eigenvalue weighted by atomic mass is 16.5. The number of benzene rings is 1. The van der Waals surface area contributed by atoms with Crippen molar-refractivity contribution in [1.82, 2.24) is 9.97 Å². The molecule has 1 heterocycles. The summed E-state index contributed by atoms with van der Waals surface area (Å²) >= 11 is 0. The molecule has 0 spiro atoms. The Bertz CT molecular complexity index is 708. The Labute approximate surface area is 130 Å². The van der Waals surface area contributed by atoms with Gasteiger partial charge in [-0.2, -0.15) is 4.98 Å². The van der Waals surface area contributed by atoms with Crippen molar-refractivity contribution in [2.24, 2.45) is 4.99 Å². The molecular weight excluding hydrogens is 276 g/mol.